The molecule has 0 bridgehead atoms. The minimum atomic E-state index is -1.14. The Hall–Kier alpha value is -3.60. The molecule has 0 spiro atoms. The van der Waals surface area contributed by atoms with Gasteiger partial charge in [0.15, 0.2) is 0 Å². The number of carbonyl (C=O) groups excluding carboxylic acids is 1. The van der Waals surface area contributed by atoms with Crippen molar-refractivity contribution in [1.29, 1.82) is 0 Å². The standard InChI is InChI=1S/C22H19NO4/c1-14(16-11-10-15-6-3-4-7-17(15)13-16)12-20(24)23-21-18(22(25)26)8-5-9-19(21)27-2/h3-13H,1-2H3,(H,23,24)(H,25,26). The number of methoxy groups -OCH3 is 1. The van der Waals surface area contributed by atoms with Crippen LogP contribution in [0.5, 0.6) is 5.75 Å². The lowest BCUT2D eigenvalue weighted by Crippen LogP contribution is -2.13. The third kappa shape index (κ3) is 3.98. The number of carbonyl (C=O) groups is 2. The van der Waals surface area contributed by atoms with E-state index in [4.69, 9.17) is 4.74 Å². The molecule has 0 fully saturated rings. The van der Waals surface area contributed by atoms with Crippen LogP contribution in [-0.4, -0.2) is 24.1 Å². The lowest BCUT2D eigenvalue weighted by molar-refractivity contribution is -0.111. The topological polar surface area (TPSA) is 75.6 Å². The van der Waals surface area contributed by atoms with E-state index in [1.54, 1.807) is 12.1 Å². The molecule has 0 atom stereocenters. The first-order valence-corrected chi connectivity index (χ1v) is 8.38. The highest BCUT2D eigenvalue weighted by molar-refractivity contribution is 6.08. The number of nitrogens with one attached hydrogen (secondary N) is 1. The number of ether oxygens (including phenoxy) is 1. The first-order chi connectivity index (χ1) is 13.0. The zero-order chi connectivity index (χ0) is 19.4. The highest BCUT2D eigenvalue weighted by Crippen LogP contribution is 2.29. The number of rotatable bonds is 5. The zero-order valence-corrected chi connectivity index (χ0v) is 15.0. The summed E-state index contributed by atoms with van der Waals surface area (Å²) in [5.74, 6) is -1.27. The van der Waals surface area contributed by atoms with Gasteiger partial charge in [0.25, 0.3) is 0 Å². The Kier molecular flexibility index (Phi) is 5.22. The second-order valence-corrected chi connectivity index (χ2v) is 6.07. The SMILES string of the molecule is COc1cccc(C(=O)O)c1NC(=O)C=C(C)c1ccc2ccccc2c1. The van der Waals surface area contributed by atoms with E-state index in [2.05, 4.69) is 5.32 Å². The summed E-state index contributed by atoms with van der Waals surface area (Å²) in [4.78, 5) is 23.9. The number of benzene rings is 3. The lowest BCUT2D eigenvalue weighted by atomic mass is 10.0. The molecule has 3 rings (SSSR count). The number of allylic oxidation sites excluding steroid dienone is 1. The van der Waals surface area contributed by atoms with Crippen molar-refractivity contribution < 1.29 is 19.4 Å². The number of carboxylic acids is 1. The smallest absolute Gasteiger partial charge is 0.337 e. The first kappa shape index (κ1) is 18.2. The average molecular weight is 361 g/mol. The molecule has 27 heavy (non-hydrogen) atoms. The number of para-hydroxylation sites is 1. The van der Waals surface area contributed by atoms with Crippen LogP contribution >= 0.6 is 0 Å². The maximum Gasteiger partial charge on any atom is 0.337 e. The number of hydrogen-bond donors (Lipinski definition) is 2. The second-order valence-electron chi connectivity index (χ2n) is 6.07. The van der Waals surface area contributed by atoms with Crippen LogP contribution < -0.4 is 10.1 Å². The molecule has 0 aliphatic heterocycles. The van der Waals surface area contributed by atoms with E-state index in [9.17, 15) is 14.7 Å². The van der Waals surface area contributed by atoms with Crippen molar-refractivity contribution in [3.05, 3.63) is 77.9 Å². The summed E-state index contributed by atoms with van der Waals surface area (Å²) in [5, 5.41) is 14.2. The van der Waals surface area contributed by atoms with Crippen LogP contribution in [0, 0.1) is 0 Å². The van der Waals surface area contributed by atoms with Crippen LogP contribution in [0.1, 0.15) is 22.8 Å². The molecule has 0 aliphatic carbocycles. The molecule has 0 unspecified atom stereocenters. The molecular formula is C22H19NO4. The maximum absolute atomic E-state index is 12.5. The number of hydrogen-bond acceptors (Lipinski definition) is 3. The number of anilines is 1. The van der Waals surface area contributed by atoms with Gasteiger partial charge in [-0.2, -0.15) is 0 Å². The summed E-state index contributed by atoms with van der Waals surface area (Å²) < 4.78 is 5.18. The molecule has 3 aromatic rings. The molecule has 0 heterocycles. The Balaban J connectivity index is 1.89. The summed E-state index contributed by atoms with van der Waals surface area (Å²) in [7, 11) is 1.42. The third-order valence-corrected chi connectivity index (χ3v) is 4.28. The molecule has 0 saturated heterocycles. The molecule has 5 nitrogen and oxygen atoms in total. The molecule has 0 aromatic heterocycles. The number of carboxylic acid groups (broad SMARTS) is 1. The minimum absolute atomic E-state index is 0.0283. The van der Waals surface area contributed by atoms with Gasteiger partial charge in [0.05, 0.1) is 18.4 Å². The predicted octanol–water partition coefficient (Wildman–Crippen LogP) is 4.59. The monoisotopic (exact) mass is 361 g/mol. The van der Waals surface area contributed by atoms with Gasteiger partial charge in [-0.1, -0.05) is 42.5 Å². The van der Waals surface area contributed by atoms with E-state index in [1.807, 2.05) is 49.4 Å². The van der Waals surface area contributed by atoms with Crippen LogP contribution in [0.25, 0.3) is 16.3 Å². The molecule has 0 aliphatic rings. The Labute approximate surface area is 156 Å². The minimum Gasteiger partial charge on any atom is -0.495 e. The van der Waals surface area contributed by atoms with Crippen molar-refractivity contribution in [1.82, 2.24) is 0 Å². The molecule has 136 valence electrons. The third-order valence-electron chi connectivity index (χ3n) is 4.28. The first-order valence-electron chi connectivity index (χ1n) is 8.38. The van der Waals surface area contributed by atoms with Gasteiger partial charge in [0.1, 0.15) is 5.75 Å². The molecule has 3 aromatic carbocycles. The highest BCUT2D eigenvalue weighted by atomic mass is 16.5. The molecular weight excluding hydrogens is 342 g/mol. The van der Waals surface area contributed by atoms with E-state index in [0.717, 1.165) is 21.9 Å². The molecule has 1 amide bonds. The highest BCUT2D eigenvalue weighted by Gasteiger charge is 2.16. The summed E-state index contributed by atoms with van der Waals surface area (Å²) in [6, 6.07) is 18.5. The van der Waals surface area contributed by atoms with Gasteiger partial charge in [-0.15, -0.1) is 0 Å². The van der Waals surface area contributed by atoms with Gasteiger partial charge in [0, 0.05) is 6.08 Å². The molecule has 2 N–H and O–H groups in total. The van der Waals surface area contributed by atoms with Crippen molar-refractivity contribution in [3.63, 3.8) is 0 Å². The predicted molar refractivity (Wildman–Crippen MR) is 106 cm³/mol. The summed E-state index contributed by atoms with van der Waals surface area (Å²) in [6.07, 6.45) is 1.45. The fraction of sp³-hybridized carbons (Fsp3) is 0.0909. The van der Waals surface area contributed by atoms with Crippen molar-refractivity contribution in [2.45, 2.75) is 6.92 Å². The fourth-order valence-corrected chi connectivity index (χ4v) is 2.88. The normalized spacial score (nSPS) is 11.3. The lowest BCUT2D eigenvalue weighted by Gasteiger charge is -2.12. The van der Waals surface area contributed by atoms with Crippen LogP contribution in [0.4, 0.5) is 5.69 Å². The zero-order valence-electron chi connectivity index (χ0n) is 15.0. The van der Waals surface area contributed by atoms with Gasteiger partial charge in [0.2, 0.25) is 5.91 Å². The number of amides is 1. The Morgan fingerprint density at radius 3 is 2.44 bits per heavy atom. The van der Waals surface area contributed by atoms with Crippen LogP contribution in [0.3, 0.4) is 0 Å². The summed E-state index contributed by atoms with van der Waals surface area (Å²) >= 11 is 0. The van der Waals surface area contributed by atoms with Gasteiger partial charge in [-0.25, -0.2) is 4.79 Å². The van der Waals surface area contributed by atoms with Crippen LogP contribution in [0.15, 0.2) is 66.7 Å². The summed E-state index contributed by atoms with van der Waals surface area (Å²) in [5.41, 5.74) is 1.80. The number of fused-ring (bicyclic) bond motifs is 1. The molecule has 0 saturated carbocycles. The molecule has 5 heteroatoms. The van der Waals surface area contributed by atoms with Crippen LogP contribution in [-0.2, 0) is 4.79 Å². The van der Waals surface area contributed by atoms with E-state index in [0.29, 0.717) is 5.75 Å². The summed E-state index contributed by atoms with van der Waals surface area (Å²) in [6.45, 7) is 1.84. The molecule has 0 radical (unpaired) electrons. The fourth-order valence-electron chi connectivity index (χ4n) is 2.88. The Bertz CT molecular complexity index is 1050. The van der Waals surface area contributed by atoms with Gasteiger partial charge in [-0.3, -0.25) is 4.79 Å². The van der Waals surface area contributed by atoms with Crippen molar-refractivity contribution in [3.8, 4) is 5.75 Å². The van der Waals surface area contributed by atoms with Crippen molar-refractivity contribution in [2.24, 2.45) is 0 Å². The van der Waals surface area contributed by atoms with Gasteiger partial charge < -0.3 is 15.2 Å². The second kappa shape index (κ2) is 7.74. The maximum atomic E-state index is 12.5. The van der Waals surface area contributed by atoms with Crippen LogP contribution in [0.2, 0.25) is 0 Å². The van der Waals surface area contributed by atoms with E-state index >= 15 is 0 Å². The van der Waals surface area contributed by atoms with Crippen molar-refractivity contribution >= 4 is 33.9 Å². The largest absolute Gasteiger partial charge is 0.495 e. The Morgan fingerprint density at radius 2 is 1.74 bits per heavy atom. The van der Waals surface area contributed by atoms with E-state index in [-0.39, 0.29) is 11.3 Å². The average Bonchev–Trinajstić information content (AvgIpc) is 2.67. The van der Waals surface area contributed by atoms with Gasteiger partial charge >= 0.3 is 5.97 Å². The van der Waals surface area contributed by atoms with E-state index in [1.165, 1.54) is 19.3 Å². The quantitative estimate of drug-likeness (QED) is 0.652. The van der Waals surface area contributed by atoms with Crippen molar-refractivity contribution in [2.75, 3.05) is 12.4 Å². The Morgan fingerprint density at radius 1 is 1.00 bits per heavy atom. The van der Waals surface area contributed by atoms with Gasteiger partial charge in [-0.05, 0) is 47.0 Å². The number of aromatic carboxylic acids is 1. The van der Waals surface area contributed by atoms with E-state index < -0.39 is 11.9 Å².